The molecule has 2 rings (SSSR count). The van der Waals surface area contributed by atoms with Crippen LogP contribution in [0.3, 0.4) is 0 Å². The van der Waals surface area contributed by atoms with Gasteiger partial charge in [0.25, 0.3) is 5.91 Å². The molecule has 0 bridgehead atoms. The van der Waals surface area contributed by atoms with Crippen LogP contribution >= 0.6 is 11.6 Å². The van der Waals surface area contributed by atoms with E-state index in [1.165, 1.54) is 38.4 Å². The molecule has 0 spiro atoms. The molecule has 0 unspecified atom stereocenters. The van der Waals surface area contributed by atoms with Gasteiger partial charge in [0.15, 0.2) is 6.61 Å². The van der Waals surface area contributed by atoms with Gasteiger partial charge in [0.2, 0.25) is 10.0 Å². The van der Waals surface area contributed by atoms with Crippen LogP contribution in [0, 0.1) is 0 Å². The molecule has 1 amide bonds. The normalized spacial score (nSPS) is 11.3. The SMILES string of the molecule is CN(C)S(=O)(=O)c1cccc(C(=O)OCC(=O)NCc2ccc(Cl)cc2)c1. The number of benzene rings is 2. The number of nitrogens with zero attached hydrogens (tertiary/aromatic N) is 1. The summed E-state index contributed by atoms with van der Waals surface area (Å²) in [5.41, 5.74) is 0.893. The van der Waals surface area contributed by atoms with Gasteiger partial charge in [-0.05, 0) is 35.9 Å². The quantitative estimate of drug-likeness (QED) is 0.705. The summed E-state index contributed by atoms with van der Waals surface area (Å²) in [6.45, 7) is -0.207. The van der Waals surface area contributed by atoms with Crippen molar-refractivity contribution < 1.29 is 22.7 Å². The van der Waals surface area contributed by atoms with Crippen molar-refractivity contribution in [1.82, 2.24) is 9.62 Å². The number of hydrogen-bond donors (Lipinski definition) is 1. The van der Waals surface area contributed by atoms with Gasteiger partial charge >= 0.3 is 5.97 Å². The maximum Gasteiger partial charge on any atom is 0.338 e. The van der Waals surface area contributed by atoms with Gasteiger partial charge in [0.1, 0.15) is 0 Å². The van der Waals surface area contributed by atoms with E-state index in [1.807, 2.05) is 0 Å². The first-order chi connectivity index (χ1) is 12.7. The summed E-state index contributed by atoms with van der Waals surface area (Å²) >= 11 is 5.79. The second-order valence-corrected chi connectivity index (χ2v) is 8.38. The van der Waals surface area contributed by atoms with Crippen LogP contribution in [0.5, 0.6) is 0 Å². The lowest BCUT2D eigenvalue weighted by molar-refractivity contribution is -0.124. The number of hydrogen-bond acceptors (Lipinski definition) is 5. The molecule has 0 atom stereocenters. The Bertz CT molecular complexity index is 927. The molecule has 2 aromatic rings. The number of carbonyl (C=O) groups excluding carboxylic acids is 2. The van der Waals surface area contributed by atoms with Crippen LogP contribution in [0.25, 0.3) is 0 Å². The van der Waals surface area contributed by atoms with Crippen LogP contribution in [-0.2, 0) is 26.1 Å². The van der Waals surface area contributed by atoms with Crippen molar-refractivity contribution in [1.29, 1.82) is 0 Å². The lowest BCUT2D eigenvalue weighted by Crippen LogP contribution is -2.28. The molecule has 0 heterocycles. The predicted molar refractivity (Wildman–Crippen MR) is 101 cm³/mol. The molecule has 0 radical (unpaired) electrons. The van der Waals surface area contributed by atoms with Crippen molar-refractivity contribution >= 4 is 33.5 Å². The van der Waals surface area contributed by atoms with Crippen LogP contribution in [-0.4, -0.2) is 45.3 Å². The number of ether oxygens (including phenoxy) is 1. The molecule has 144 valence electrons. The van der Waals surface area contributed by atoms with E-state index in [1.54, 1.807) is 24.3 Å². The van der Waals surface area contributed by atoms with E-state index in [0.29, 0.717) is 5.02 Å². The first-order valence-corrected chi connectivity index (χ1v) is 9.73. The van der Waals surface area contributed by atoms with Crippen LogP contribution in [0.15, 0.2) is 53.4 Å². The summed E-state index contributed by atoms with van der Waals surface area (Å²) in [5, 5.41) is 3.21. The second kappa shape index (κ2) is 8.98. The van der Waals surface area contributed by atoms with Gasteiger partial charge in [-0.3, -0.25) is 4.79 Å². The minimum absolute atomic E-state index is 0.0332. The molecular formula is C18H19ClN2O5S. The Balaban J connectivity index is 1.91. The Morgan fingerprint density at radius 3 is 2.41 bits per heavy atom. The van der Waals surface area contributed by atoms with Gasteiger partial charge in [0.05, 0.1) is 10.5 Å². The molecule has 27 heavy (non-hydrogen) atoms. The van der Waals surface area contributed by atoms with Crippen LogP contribution in [0.4, 0.5) is 0 Å². The van der Waals surface area contributed by atoms with Crippen molar-refractivity contribution in [2.75, 3.05) is 20.7 Å². The highest BCUT2D eigenvalue weighted by Crippen LogP contribution is 2.15. The molecule has 2 aromatic carbocycles. The van der Waals surface area contributed by atoms with Gasteiger partial charge in [-0.2, -0.15) is 0 Å². The van der Waals surface area contributed by atoms with Gasteiger partial charge in [-0.25, -0.2) is 17.5 Å². The third kappa shape index (κ3) is 5.78. The van der Waals surface area contributed by atoms with Crippen molar-refractivity contribution in [2.24, 2.45) is 0 Å². The Hall–Kier alpha value is -2.42. The van der Waals surface area contributed by atoms with E-state index in [0.717, 1.165) is 9.87 Å². The highest BCUT2D eigenvalue weighted by atomic mass is 35.5. The first-order valence-electron chi connectivity index (χ1n) is 7.91. The summed E-state index contributed by atoms with van der Waals surface area (Å²) in [6, 6.07) is 12.4. The summed E-state index contributed by atoms with van der Waals surface area (Å²) in [6.07, 6.45) is 0. The number of halogens is 1. The molecule has 0 aromatic heterocycles. The number of sulfonamides is 1. The van der Waals surface area contributed by atoms with E-state index in [-0.39, 0.29) is 17.0 Å². The van der Waals surface area contributed by atoms with Crippen LogP contribution < -0.4 is 5.32 Å². The number of rotatable bonds is 7. The first kappa shape index (κ1) is 20.9. The molecule has 1 N–H and O–H groups in total. The van der Waals surface area contributed by atoms with Gasteiger partial charge in [0, 0.05) is 25.7 Å². The Labute approximate surface area is 162 Å². The molecule has 0 saturated heterocycles. The smallest absolute Gasteiger partial charge is 0.338 e. The summed E-state index contributed by atoms with van der Waals surface area (Å²) in [4.78, 5) is 23.9. The fraction of sp³-hybridized carbons (Fsp3) is 0.222. The topological polar surface area (TPSA) is 92.8 Å². The number of amides is 1. The van der Waals surface area contributed by atoms with Gasteiger partial charge < -0.3 is 10.1 Å². The van der Waals surface area contributed by atoms with E-state index in [4.69, 9.17) is 16.3 Å². The lowest BCUT2D eigenvalue weighted by atomic mass is 10.2. The van der Waals surface area contributed by atoms with Crippen molar-refractivity contribution in [2.45, 2.75) is 11.4 Å². The zero-order valence-electron chi connectivity index (χ0n) is 14.8. The second-order valence-electron chi connectivity index (χ2n) is 5.79. The highest BCUT2D eigenvalue weighted by Gasteiger charge is 2.19. The Kier molecular flexibility index (Phi) is 6.95. The fourth-order valence-corrected chi connectivity index (χ4v) is 3.14. The fourth-order valence-electron chi connectivity index (χ4n) is 2.06. The van der Waals surface area contributed by atoms with E-state index < -0.39 is 28.5 Å². The van der Waals surface area contributed by atoms with E-state index >= 15 is 0 Å². The minimum Gasteiger partial charge on any atom is -0.452 e. The lowest BCUT2D eigenvalue weighted by Gasteiger charge is -2.12. The zero-order valence-corrected chi connectivity index (χ0v) is 16.4. The summed E-state index contributed by atoms with van der Waals surface area (Å²) in [7, 11) is -0.881. The van der Waals surface area contributed by atoms with Crippen LogP contribution in [0.2, 0.25) is 5.02 Å². The maximum atomic E-state index is 12.1. The van der Waals surface area contributed by atoms with Crippen molar-refractivity contribution in [3.63, 3.8) is 0 Å². The van der Waals surface area contributed by atoms with Gasteiger partial charge in [-0.1, -0.05) is 29.8 Å². The summed E-state index contributed by atoms with van der Waals surface area (Å²) < 4.78 is 30.2. The third-order valence-corrected chi connectivity index (χ3v) is 5.65. The third-order valence-electron chi connectivity index (χ3n) is 3.59. The molecule has 0 aliphatic heterocycles. The largest absolute Gasteiger partial charge is 0.452 e. The van der Waals surface area contributed by atoms with Crippen molar-refractivity contribution in [3.05, 3.63) is 64.7 Å². The molecular weight excluding hydrogens is 392 g/mol. The molecule has 0 aliphatic carbocycles. The average Bonchev–Trinajstić information content (AvgIpc) is 2.65. The monoisotopic (exact) mass is 410 g/mol. The predicted octanol–water partition coefficient (Wildman–Crippen LogP) is 2.06. The number of carbonyl (C=O) groups is 2. The Morgan fingerprint density at radius 1 is 1.11 bits per heavy atom. The van der Waals surface area contributed by atoms with Gasteiger partial charge in [-0.15, -0.1) is 0 Å². The van der Waals surface area contributed by atoms with Crippen LogP contribution in [0.1, 0.15) is 15.9 Å². The molecule has 9 heteroatoms. The molecule has 0 fully saturated rings. The van der Waals surface area contributed by atoms with E-state index in [9.17, 15) is 18.0 Å². The number of esters is 1. The van der Waals surface area contributed by atoms with E-state index in [2.05, 4.69) is 5.32 Å². The average molecular weight is 411 g/mol. The minimum atomic E-state index is -3.67. The zero-order chi connectivity index (χ0) is 20.0. The molecule has 0 saturated carbocycles. The standard InChI is InChI=1S/C18H19ClN2O5S/c1-21(2)27(24,25)16-5-3-4-14(10-16)18(23)26-12-17(22)20-11-13-6-8-15(19)9-7-13/h3-10H,11-12H2,1-2H3,(H,20,22). The molecule has 0 aliphatic rings. The number of nitrogens with one attached hydrogen (secondary N) is 1. The maximum absolute atomic E-state index is 12.1. The van der Waals surface area contributed by atoms with Crippen molar-refractivity contribution in [3.8, 4) is 0 Å². The highest BCUT2D eigenvalue weighted by molar-refractivity contribution is 7.89. The summed E-state index contributed by atoms with van der Waals surface area (Å²) in [5.74, 6) is -1.26. The molecule has 7 nitrogen and oxygen atoms in total. The Morgan fingerprint density at radius 2 is 1.78 bits per heavy atom.